The summed E-state index contributed by atoms with van der Waals surface area (Å²) < 4.78 is 6.83. The molecule has 152 valence electrons. The average Bonchev–Trinajstić information content (AvgIpc) is 3.35. The maximum absolute atomic E-state index is 12.1. The molecule has 0 spiro atoms. The molecule has 2 aliphatic heterocycles. The van der Waals surface area contributed by atoms with E-state index in [1.807, 2.05) is 17.4 Å². The summed E-state index contributed by atoms with van der Waals surface area (Å²) in [5.74, 6) is 0.831. The van der Waals surface area contributed by atoms with Gasteiger partial charge in [0.25, 0.3) is 0 Å². The zero-order valence-corrected chi connectivity index (χ0v) is 17.9. The minimum Gasteiger partial charge on any atom is -0.376 e. The van der Waals surface area contributed by atoms with E-state index in [0.717, 1.165) is 50.5 Å². The van der Waals surface area contributed by atoms with Crippen LogP contribution in [0.15, 0.2) is 24.3 Å². The number of nitrogens with zero attached hydrogens (tertiary/aromatic N) is 1. The predicted octanol–water partition coefficient (Wildman–Crippen LogP) is 4.84. The van der Waals surface area contributed by atoms with Crippen molar-refractivity contribution in [3.63, 3.8) is 0 Å². The highest BCUT2D eigenvalue weighted by atomic mass is 35.5. The van der Waals surface area contributed by atoms with Crippen molar-refractivity contribution in [3.05, 3.63) is 34.2 Å². The lowest BCUT2D eigenvalue weighted by molar-refractivity contribution is -0.122. The molecule has 28 heavy (non-hydrogen) atoms. The van der Waals surface area contributed by atoms with Crippen LogP contribution in [0.1, 0.15) is 43.4 Å². The molecule has 6 heteroatoms. The number of ether oxygens (including phenoxy) is 1. The normalized spacial score (nSPS) is 21.4. The van der Waals surface area contributed by atoms with E-state index in [-0.39, 0.29) is 12.0 Å². The van der Waals surface area contributed by atoms with Gasteiger partial charge in [0.2, 0.25) is 5.91 Å². The highest BCUT2D eigenvalue weighted by Crippen LogP contribution is 2.36. The lowest BCUT2D eigenvalue weighted by Crippen LogP contribution is -2.34. The SMILES string of the molecule is O=C(CCC1CCN(Cc2sc3ccccc3c2Cl)CC1)NC[C@@H]1CCCO1. The smallest absolute Gasteiger partial charge is 0.220 e. The van der Waals surface area contributed by atoms with Crippen LogP contribution in [0, 0.1) is 5.92 Å². The van der Waals surface area contributed by atoms with E-state index >= 15 is 0 Å². The molecule has 2 saturated heterocycles. The Balaban J connectivity index is 1.18. The topological polar surface area (TPSA) is 41.6 Å². The van der Waals surface area contributed by atoms with Gasteiger partial charge in [-0.3, -0.25) is 9.69 Å². The van der Waals surface area contributed by atoms with Gasteiger partial charge in [-0.1, -0.05) is 29.8 Å². The number of carbonyl (C=O) groups excluding carboxylic acids is 1. The van der Waals surface area contributed by atoms with E-state index in [1.54, 1.807) is 0 Å². The van der Waals surface area contributed by atoms with Crippen molar-refractivity contribution in [1.29, 1.82) is 0 Å². The molecule has 3 heterocycles. The number of piperidine rings is 1. The van der Waals surface area contributed by atoms with E-state index < -0.39 is 0 Å². The Morgan fingerprint density at radius 2 is 2.07 bits per heavy atom. The van der Waals surface area contributed by atoms with Gasteiger partial charge >= 0.3 is 0 Å². The number of halogens is 1. The molecule has 0 aliphatic carbocycles. The van der Waals surface area contributed by atoms with E-state index in [4.69, 9.17) is 16.3 Å². The zero-order chi connectivity index (χ0) is 19.3. The molecule has 2 aliphatic rings. The van der Waals surface area contributed by atoms with Gasteiger partial charge in [-0.25, -0.2) is 0 Å². The van der Waals surface area contributed by atoms with Crippen LogP contribution in [0.25, 0.3) is 10.1 Å². The summed E-state index contributed by atoms with van der Waals surface area (Å²) in [4.78, 5) is 15.9. The third-order valence-corrected chi connectivity index (χ3v) is 7.71. The van der Waals surface area contributed by atoms with Gasteiger partial charge in [0.05, 0.1) is 11.1 Å². The molecule has 0 unspecified atom stereocenters. The number of rotatable bonds is 7. The maximum Gasteiger partial charge on any atom is 0.220 e. The number of carbonyl (C=O) groups is 1. The summed E-state index contributed by atoms with van der Waals surface area (Å²) in [6.45, 7) is 4.63. The van der Waals surface area contributed by atoms with Crippen molar-refractivity contribution in [1.82, 2.24) is 10.2 Å². The van der Waals surface area contributed by atoms with Crippen LogP contribution < -0.4 is 5.32 Å². The molecule has 4 nitrogen and oxygen atoms in total. The van der Waals surface area contributed by atoms with Crippen molar-refractivity contribution >= 4 is 38.9 Å². The lowest BCUT2D eigenvalue weighted by atomic mass is 9.92. The summed E-state index contributed by atoms with van der Waals surface area (Å²) in [6, 6.07) is 8.37. The van der Waals surface area contributed by atoms with Crippen LogP contribution >= 0.6 is 22.9 Å². The van der Waals surface area contributed by atoms with Gasteiger partial charge in [-0.05, 0) is 57.2 Å². The molecule has 4 rings (SSSR count). The molecule has 1 aromatic heterocycles. The molecule has 2 aromatic rings. The van der Waals surface area contributed by atoms with E-state index in [2.05, 4.69) is 28.4 Å². The molecule has 0 radical (unpaired) electrons. The number of hydrogen-bond donors (Lipinski definition) is 1. The molecular formula is C22H29ClN2O2S. The van der Waals surface area contributed by atoms with Crippen molar-refractivity contribution in [2.45, 2.75) is 51.2 Å². The number of thiophene rings is 1. The van der Waals surface area contributed by atoms with Crippen molar-refractivity contribution in [3.8, 4) is 0 Å². The Labute approximate surface area is 176 Å². The molecule has 1 aromatic carbocycles. The maximum atomic E-state index is 12.1. The summed E-state index contributed by atoms with van der Waals surface area (Å²) in [5, 5.41) is 5.13. The molecule has 1 N–H and O–H groups in total. The molecule has 0 saturated carbocycles. The highest BCUT2D eigenvalue weighted by molar-refractivity contribution is 7.19. The number of nitrogens with one attached hydrogen (secondary N) is 1. The minimum absolute atomic E-state index is 0.176. The van der Waals surface area contributed by atoms with Gasteiger partial charge in [0.1, 0.15) is 0 Å². The Kier molecular flexibility index (Phi) is 6.89. The van der Waals surface area contributed by atoms with Crippen LogP contribution in [0.4, 0.5) is 0 Å². The predicted molar refractivity (Wildman–Crippen MR) is 116 cm³/mol. The quantitative estimate of drug-likeness (QED) is 0.696. The van der Waals surface area contributed by atoms with Crippen molar-refractivity contribution in [2.75, 3.05) is 26.2 Å². The number of likely N-dealkylation sites (tertiary alicyclic amines) is 1. The van der Waals surface area contributed by atoms with Crippen LogP contribution in [0.5, 0.6) is 0 Å². The number of hydrogen-bond acceptors (Lipinski definition) is 4. The second kappa shape index (κ2) is 9.57. The van der Waals surface area contributed by atoms with Crippen molar-refractivity contribution in [2.24, 2.45) is 5.92 Å². The third kappa shape index (κ3) is 5.07. The fourth-order valence-corrected chi connectivity index (χ4v) is 5.79. The van der Waals surface area contributed by atoms with Crippen molar-refractivity contribution < 1.29 is 9.53 Å². The molecule has 1 atom stereocenters. The Hall–Kier alpha value is -1.14. The molecular weight excluding hydrogens is 392 g/mol. The summed E-state index contributed by atoms with van der Waals surface area (Å²) in [6.07, 6.45) is 6.39. The monoisotopic (exact) mass is 420 g/mol. The summed E-state index contributed by atoms with van der Waals surface area (Å²) >= 11 is 8.41. The summed E-state index contributed by atoms with van der Waals surface area (Å²) in [5.41, 5.74) is 0. The molecule has 0 bridgehead atoms. The zero-order valence-electron chi connectivity index (χ0n) is 16.3. The number of fused-ring (bicyclic) bond motifs is 1. The fraction of sp³-hybridized carbons (Fsp3) is 0.591. The Bertz CT molecular complexity index is 795. The van der Waals surface area contributed by atoms with Crippen LogP contribution in [-0.4, -0.2) is 43.2 Å². The fourth-order valence-electron chi connectivity index (χ4n) is 4.26. The van der Waals surface area contributed by atoms with E-state index in [0.29, 0.717) is 18.9 Å². The first kappa shape index (κ1) is 20.1. The van der Waals surface area contributed by atoms with Gasteiger partial charge in [-0.15, -0.1) is 11.3 Å². The summed E-state index contributed by atoms with van der Waals surface area (Å²) in [7, 11) is 0. The average molecular weight is 421 g/mol. The van der Waals surface area contributed by atoms with E-state index in [9.17, 15) is 4.79 Å². The number of amides is 1. The van der Waals surface area contributed by atoms with Crippen LogP contribution in [-0.2, 0) is 16.1 Å². The standard InChI is InChI=1S/C22H29ClN2O2S/c23-22-18-5-1-2-6-19(18)28-20(22)15-25-11-9-16(10-12-25)7-8-21(26)24-14-17-4-3-13-27-17/h1-2,5-6,16-17H,3-4,7-15H2,(H,24,26)/t17-/m0/s1. The minimum atomic E-state index is 0.176. The Morgan fingerprint density at radius 1 is 1.25 bits per heavy atom. The second-order valence-corrected chi connectivity index (χ2v) is 9.55. The van der Waals surface area contributed by atoms with Crippen LogP contribution in [0.3, 0.4) is 0 Å². The molecule has 1 amide bonds. The van der Waals surface area contributed by atoms with Gasteiger partial charge in [0.15, 0.2) is 0 Å². The second-order valence-electron chi connectivity index (χ2n) is 8.03. The van der Waals surface area contributed by atoms with Gasteiger partial charge < -0.3 is 10.1 Å². The van der Waals surface area contributed by atoms with E-state index in [1.165, 1.54) is 27.8 Å². The van der Waals surface area contributed by atoms with Gasteiger partial charge in [0, 0.05) is 41.1 Å². The molecule has 2 fully saturated rings. The first-order chi connectivity index (χ1) is 13.7. The largest absolute Gasteiger partial charge is 0.376 e. The van der Waals surface area contributed by atoms with Gasteiger partial charge in [-0.2, -0.15) is 0 Å². The van der Waals surface area contributed by atoms with Crippen LogP contribution in [0.2, 0.25) is 5.02 Å². The lowest BCUT2D eigenvalue weighted by Gasteiger charge is -2.31. The number of benzene rings is 1. The Morgan fingerprint density at radius 3 is 2.82 bits per heavy atom. The first-order valence-corrected chi connectivity index (χ1v) is 11.6. The first-order valence-electron chi connectivity index (χ1n) is 10.5. The highest BCUT2D eigenvalue weighted by Gasteiger charge is 2.22. The third-order valence-electron chi connectivity index (χ3n) is 6.01.